The zero-order valence-electron chi connectivity index (χ0n) is 12.6. The summed E-state index contributed by atoms with van der Waals surface area (Å²) in [7, 11) is 1.71. The van der Waals surface area contributed by atoms with Gasteiger partial charge in [0.05, 0.1) is 11.1 Å². The van der Waals surface area contributed by atoms with Crippen LogP contribution in [0.15, 0.2) is 22.7 Å². The van der Waals surface area contributed by atoms with E-state index in [1.54, 1.807) is 13.2 Å². The summed E-state index contributed by atoms with van der Waals surface area (Å²) in [6, 6.07) is 5.26. The highest BCUT2D eigenvalue weighted by molar-refractivity contribution is 9.10. The van der Waals surface area contributed by atoms with Crippen LogP contribution >= 0.6 is 15.9 Å². The summed E-state index contributed by atoms with van der Waals surface area (Å²) >= 11 is 3.36. The molecule has 0 amide bonds. The van der Waals surface area contributed by atoms with E-state index in [1.807, 2.05) is 6.07 Å². The number of methoxy groups -OCH3 is 1. The van der Waals surface area contributed by atoms with Crippen molar-refractivity contribution in [1.82, 2.24) is 5.32 Å². The first-order valence-electron chi connectivity index (χ1n) is 7.15. The summed E-state index contributed by atoms with van der Waals surface area (Å²) in [4.78, 5) is 0. The highest BCUT2D eigenvalue weighted by Gasteiger charge is 2.24. The Balaban J connectivity index is 2.71. The Labute approximate surface area is 130 Å². The Morgan fingerprint density at radius 1 is 1.40 bits per heavy atom. The van der Waals surface area contributed by atoms with Crippen molar-refractivity contribution in [2.45, 2.75) is 33.1 Å². The van der Waals surface area contributed by atoms with Crippen LogP contribution in [-0.2, 0) is 11.2 Å². The Morgan fingerprint density at radius 2 is 2.15 bits per heavy atom. The Kier molecular flexibility index (Phi) is 7.70. The maximum Gasteiger partial charge on any atom is 0.137 e. The van der Waals surface area contributed by atoms with E-state index in [1.165, 1.54) is 6.07 Å². The van der Waals surface area contributed by atoms with E-state index in [0.717, 1.165) is 37.9 Å². The SMILES string of the molecule is CCCC(C)(CNCCOC)Cc1cccc(F)c1Br. The number of benzene rings is 1. The molecule has 1 unspecified atom stereocenters. The summed E-state index contributed by atoms with van der Waals surface area (Å²) < 4.78 is 19.3. The average Bonchev–Trinajstić information content (AvgIpc) is 2.41. The van der Waals surface area contributed by atoms with Crippen molar-refractivity contribution in [2.75, 3.05) is 26.8 Å². The Morgan fingerprint density at radius 3 is 2.80 bits per heavy atom. The molecular formula is C16H25BrFNO. The summed E-state index contributed by atoms with van der Waals surface area (Å²) in [6.45, 7) is 6.92. The van der Waals surface area contributed by atoms with Crippen molar-refractivity contribution in [3.05, 3.63) is 34.1 Å². The molecule has 1 N–H and O–H groups in total. The molecule has 1 aromatic rings. The van der Waals surface area contributed by atoms with E-state index in [-0.39, 0.29) is 11.2 Å². The van der Waals surface area contributed by atoms with Gasteiger partial charge in [-0.15, -0.1) is 0 Å². The number of ether oxygens (including phenoxy) is 1. The molecule has 0 aliphatic carbocycles. The maximum absolute atomic E-state index is 13.6. The number of nitrogens with one attached hydrogen (secondary N) is 1. The molecule has 2 nitrogen and oxygen atoms in total. The van der Waals surface area contributed by atoms with Crippen molar-refractivity contribution < 1.29 is 9.13 Å². The summed E-state index contributed by atoms with van der Waals surface area (Å²) in [5.74, 6) is -0.186. The molecule has 0 fully saturated rings. The third kappa shape index (κ3) is 5.51. The lowest BCUT2D eigenvalue weighted by molar-refractivity contribution is 0.190. The first-order valence-corrected chi connectivity index (χ1v) is 7.94. The van der Waals surface area contributed by atoms with E-state index in [4.69, 9.17) is 4.74 Å². The van der Waals surface area contributed by atoms with Crippen molar-refractivity contribution in [3.63, 3.8) is 0 Å². The fourth-order valence-electron chi connectivity index (χ4n) is 2.55. The molecule has 0 bridgehead atoms. The Bertz CT molecular complexity index is 413. The van der Waals surface area contributed by atoms with Gasteiger partial charge >= 0.3 is 0 Å². The molecule has 0 aliphatic heterocycles. The minimum Gasteiger partial charge on any atom is -0.383 e. The molecule has 0 heterocycles. The second kappa shape index (κ2) is 8.75. The van der Waals surface area contributed by atoms with Crippen molar-refractivity contribution >= 4 is 15.9 Å². The molecule has 1 atom stereocenters. The second-order valence-corrected chi connectivity index (χ2v) is 6.41. The topological polar surface area (TPSA) is 21.3 Å². The van der Waals surface area contributed by atoms with Crippen LogP contribution in [-0.4, -0.2) is 26.8 Å². The maximum atomic E-state index is 13.6. The van der Waals surface area contributed by atoms with Gasteiger partial charge in [0.1, 0.15) is 5.82 Å². The normalized spacial score (nSPS) is 14.2. The molecule has 4 heteroatoms. The zero-order chi connectivity index (χ0) is 15.0. The number of hydrogen-bond acceptors (Lipinski definition) is 2. The van der Waals surface area contributed by atoms with E-state index in [2.05, 4.69) is 35.1 Å². The number of rotatable bonds is 9. The average molecular weight is 346 g/mol. The van der Waals surface area contributed by atoms with E-state index in [0.29, 0.717) is 11.1 Å². The summed E-state index contributed by atoms with van der Waals surface area (Å²) in [5.41, 5.74) is 1.16. The van der Waals surface area contributed by atoms with Gasteiger partial charge in [0.15, 0.2) is 0 Å². The van der Waals surface area contributed by atoms with E-state index < -0.39 is 0 Å². The van der Waals surface area contributed by atoms with Gasteiger partial charge < -0.3 is 10.1 Å². The van der Waals surface area contributed by atoms with Gasteiger partial charge in [-0.05, 0) is 45.8 Å². The van der Waals surface area contributed by atoms with Crippen LogP contribution in [0.1, 0.15) is 32.3 Å². The molecule has 0 radical (unpaired) electrons. The molecule has 0 saturated heterocycles. The predicted octanol–water partition coefficient (Wildman–Crippen LogP) is 4.17. The molecule has 0 aliphatic rings. The first-order chi connectivity index (χ1) is 9.52. The van der Waals surface area contributed by atoms with Gasteiger partial charge in [-0.3, -0.25) is 0 Å². The third-order valence-electron chi connectivity index (χ3n) is 3.54. The summed E-state index contributed by atoms with van der Waals surface area (Å²) in [6.07, 6.45) is 3.09. The predicted molar refractivity (Wildman–Crippen MR) is 85.6 cm³/mol. The van der Waals surface area contributed by atoms with Crippen LogP contribution in [0.3, 0.4) is 0 Å². The number of halogens is 2. The van der Waals surface area contributed by atoms with Gasteiger partial charge in [0, 0.05) is 20.2 Å². The van der Waals surface area contributed by atoms with Crippen LogP contribution in [0, 0.1) is 11.2 Å². The molecule has 20 heavy (non-hydrogen) atoms. The molecule has 114 valence electrons. The smallest absolute Gasteiger partial charge is 0.137 e. The molecule has 1 aromatic carbocycles. The fraction of sp³-hybridized carbons (Fsp3) is 0.625. The van der Waals surface area contributed by atoms with Gasteiger partial charge in [0.2, 0.25) is 0 Å². The highest BCUT2D eigenvalue weighted by atomic mass is 79.9. The van der Waals surface area contributed by atoms with Crippen LogP contribution < -0.4 is 5.32 Å². The lowest BCUT2D eigenvalue weighted by Gasteiger charge is -2.30. The molecule has 0 aromatic heterocycles. The lowest BCUT2D eigenvalue weighted by Crippen LogP contribution is -2.35. The van der Waals surface area contributed by atoms with E-state index >= 15 is 0 Å². The van der Waals surface area contributed by atoms with Crippen LogP contribution in [0.4, 0.5) is 4.39 Å². The number of hydrogen-bond donors (Lipinski definition) is 1. The first kappa shape index (κ1) is 17.6. The van der Waals surface area contributed by atoms with Crippen LogP contribution in [0.25, 0.3) is 0 Å². The van der Waals surface area contributed by atoms with Crippen molar-refractivity contribution in [2.24, 2.45) is 5.41 Å². The molecule has 0 spiro atoms. The minimum absolute atomic E-state index is 0.124. The van der Waals surface area contributed by atoms with Gasteiger partial charge in [0.25, 0.3) is 0 Å². The minimum atomic E-state index is -0.186. The summed E-state index contributed by atoms with van der Waals surface area (Å²) in [5, 5.41) is 3.43. The zero-order valence-corrected chi connectivity index (χ0v) is 14.2. The van der Waals surface area contributed by atoms with E-state index in [9.17, 15) is 4.39 Å². The highest BCUT2D eigenvalue weighted by Crippen LogP contribution is 2.31. The molecular weight excluding hydrogens is 321 g/mol. The van der Waals surface area contributed by atoms with Crippen molar-refractivity contribution in [3.8, 4) is 0 Å². The standard InChI is InChI=1S/C16H25BrFNO/c1-4-8-16(2,12-19-9-10-20-3)11-13-6-5-7-14(18)15(13)17/h5-7,19H,4,8-12H2,1-3H3. The Hall–Kier alpha value is -0.450. The largest absolute Gasteiger partial charge is 0.383 e. The van der Waals surface area contributed by atoms with Crippen LogP contribution in [0.5, 0.6) is 0 Å². The lowest BCUT2D eigenvalue weighted by atomic mass is 9.79. The molecule has 1 rings (SSSR count). The van der Waals surface area contributed by atoms with Crippen LogP contribution in [0.2, 0.25) is 0 Å². The molecule has 0 saturated carbocycles. The second-order valence-electron chi connectivity index (χ2n) is 5.62. The van der Waals surface area contributed by atoms with Gasteiger partial charge in [-0.25, -0.2) is 4.39 Å². The third-order valence-corrected chi connectivity index (χ3v) is 4.43. The quantitative estimate of drug-likeness (QED) is 0.678. The fourth-order valence-corrected chi connectivity index (χ4v) is 2.96. The monoisotopic (exact) mass is 345 g/mol. The van der Waals surface area contributed by atoms with Gasteiger partial charge in [-0.2, -0.15) is 0 Å². The van der Waals surface area contributed by atoms with Gasteiger partial charge in [-0.1, -0.05) is 32.4 Å². The van der Waals surface area contributed by atoms with Crippen molar-refractivity contribution in [1.29, 1.82) is 0 Å².